The molecule has 0 aliphatic carbocycles. The Morgan fingerprint density at radius 2 is 1.84 bits per heavy atom. The summed E-state index contributed by atoms with van der Waals surface area (Å²) in [6.07, 6.45) is -2.42. The molecule has 102 valence electrons. The quantitative estimate of drug-likeness (QED) is 0.893. The average molecular weight is 283 g/mol. The smallest absolute Gasteiger partial charge is 0.263 e. The second-order valence-electron chi connectivity index (χ2n) is 4.50. The molecule has 3 nitrogen and oxygen atoms in total. The van der Waals surface area contributed by atoms with Gasteiger partial charge in [0.05, 0.1) is 0 Å². The van der Waals surface area contributed by atoms with Crippen LogP contribution in [0.1, 0.15) is 42.3 Å². The van der Waals surface area contributed by atoms with Crippen LogP contribution in [-0.4, -0.2) is 10.2 Å². The largest absolute Gasteiger partial charge is 0.356 e. The van der Waals surface area contributed by atoms with Gasteiger partial charge in [-0.25, -0.2) is 8.78 Å². The van der Waals surface area contributed by atoms with Gasteiger partial charge in [-0.05, 0) is 5.56 Å². The third-order valence-corrected chi connectivity index (χ3v) is 3.79. The summed E-state index contributed by atoms with van der Waals surface area (Å²) in [6.45, 7) is 4.68. The molecule has 6 heteroatoms. The molecule has 0 saturated carbocycles. The highest BCUT2D eigenvalue weighted by Crippen LogP contribution is 2.23. The van der Waals surface area contributed by atoms with Crippen molar-refractivity contribution in [3.63, 3.8) is 0 Å². The van der Waals surface area contributed by atoms with Gasteiger partial charge in [0.15, 0.2) is 0 Å². The number of hydrogen-bond donors (Lipinski definition) is 1. The van der Waals surface area contributed by atoms with Gasteiger partial charge in [0.25, 0.3) is 6.43 Å². The molecule has 19 heavy (non-hydrogen) atoms. The Hall–Kier alpha value is -1.56. The fourth-order valence-corrected chi connectivity index (χ4v) is 2.24. The maximum Gasteiger partial charge on any atom is 0.263 e. The summed E-state index contributed by atoms with van der Waals surface area (Å²) < 4.78 is 24.8. The molecule has 0 spiro atoms. The van der Waals surface area contributed by atoms with Gasteiger partial charge in [-0.3, -0.25) is 0 Å². The fraction of sp³-hybridized carbons (Fsp3) is 0.385. The molecular formula is C13H15F2N3S. The average Bonchev–Trinajstić information content (AvgIpc) is 2.86. The molecule has 0 atom stereocenters. The normalized spacial score (nSPS) is 11.3. The van der Waals surface area contributed by atoms with Crippen molar-refractivity contribution < 1.29 is 8.78 Å². The number of halogens is 2. The van der Waals surface area contributed by atoms with Crippen LogP contribution < -0.4 is 5.32 Å². The number of hydrogen-bond acceptors (Lipinski definition) is 4. The van der Waals surface area contributed by atoms with Gasteiger partial charge in [-0.15, -0.1) is 10.2 Å². The molecule has 2 aromatic rings. The minimum Gasteiger partial charge on any atom is -0.356 e. The summed E-state index contributed by atoms with van der Waals surface area (Å²) >= 11 is 1.51. The van der Waals surface area contributed by atoms with Crippen molar-refractivity contribution in [3.05, 3.63) is 40.4 Å². The van der Waals surface area contributed by atoms with Gasteiger partial charge in [0, 0.05) is 18.0 Å². The van der Waals surface area contributed by atoms with Crippen molar-refractivity contribution in [1.82, 2.24) is 10.2 Å². The number of aromatic nitrogens is 2. The molecular weight excluding hydrogens is 268 g/mol. The van der Waals surface area contributed by atoms with E-state index >= 15 is 0 Å². The Bertz CT molecular complexity index is 523. The molecule has 0 saturated heterocycles. The maximum atomic E-state index is 12.4. The van der Waals surface area contributed by atoms with E-state index in [0.29, 0.717) is 12.5 Å². The van der Waals surface area contributed by atoms with Crippen molar-refractivity contribution in [2.45, 2.75) is 32.7 Å². The standard InChI is InChI=1S/C13H15F2N3S/c1-8(2)12-17-18-13(19-12)16-7-9-3-5-10(6-4-9)11(14)15/h3-6,8,11H,7H2,1-2H3,(H,16,18). The van der Waals surface area contributed by atoms with Gasteiger partial charge < -0.3 is 5.32 Å². The number of rotatable bonds is 5. The second-order valence-corrected chi connectivity index (χ2v) is 5.51. The van der Waals surface area contributed by atoms with Crippen LogP contribution in [0.25, 0.3) is 0 Å². The third kappa shape index (κ3) is 3.70. The highest BCUT2D eigenvalue weighted by atomic mass is 32.1. The summed E-state index contributed by atoms with van der Waals surface area (Å²) in [6, 6.07) is 6.28. The maximum absolute atomic E-state index is 12.4. The molecule has 2 rings (SSSR count). The van der Waals surface area contributed by atoms with Crippen molar-refractivity contribution in [1.29, 1.82) is 0 Å². The molecule has 1 aromatic carbocycles. The zero-order valence-electron chi connectivity index (χ0n) is 10.7. The Labute approximate surface area is 114 Å². The van der Waals surface area contributed by atoms with Crippen molar-refractivity contribution in [3.8, 4) is 0 Å². The lowest BCUT2D eigenvalue weighted by Gasteiger charge is -2.04. The molecule has 0 fully saturated rings. The van der Waals surface area contributed by atoms with Crippen molar-refractivity contribution >= 4 is 16.5 Å². The van der Waals surface area contributed by atoms with Crippen LogP contribution in [0.15, 0.2) is 24.3 Å². The van der Waals surface area contributed by atoms with Crippen LogP contribution in [0.4, 0.5) is 13.9 Å². The molecule has 1 aromatic heterocycles. The highest BCUT2D eigenvalue weighted by molar-refractivity contribution is 7.15. The Balaban J connectivity index is 1.94. The fourth-order valence-electron chi connectivity index (χ4n) is 1.50. The van der Waals surface area contributed by atoms with E-state index in [-0.39, 0.29) is 5.56 Å². The zero-order chi connectivity index (χ0) is 13.8. The van der Waals surface area contributed by atoms with E-state index in [0.717, 1.165) is 15.7 Å². The van der Waals surface area contributed by atoms with Crippen molar-refractivity contribution in [2.24, 2.45) is 0 Å². The van der Waals surface area contributed by atoms with Crippen LogP contribution in [0.2, 0.25) is 0 Å². The molecule has 1 heterocycles. The van der Waals surface area contributed by atoms with E-state index in [2.05, 4.69) is 29.4 Å². The van der Waals surface area contributed by atoms with Crippen LogP contribution in [0.3, 0.4) is 0 Å². The number of nitrogens with zero attached hydrogens (tertiary/aromatic N) is 2. The minimum absolute atomic E-state index is 0.0433. The summed E-state index contributed by atoms with van der Waals surface area (Å²) in [5.41, 5.74) is 0.979. The minimum atomic E-state index is -2.42. The number of nitrogens with one attached hydrogen (secondary N) is 1. The lowest BCUT2D eigenvalue weighted by atomic mass is 10.1. The van der Waals surface area contributed by atoms with Crippen LogP contribution in [-0.2, 0) is 6.54 Å². The van der Waals surface area contributed by atoms with Gasteiger partial charge >= 0.3 is 0 Å². The lowest BCUT2D eigenvalue weighted by Crippen LogP contribution is -1.99. The van der Waals surface area contributed by atoms with E-state index in [4.69, 9.17) is 0 Å². The summed E-state index contributed by atoms with van der Waals surface area (Å²) in [4.78, 5) is 0. The van der Waals surface area contributed by atoms with E-state index in [1.54, 1.807) is 12.1 Å². The zero-order valence-corrected chi connectivity index (χ0v) is 11.5. The van der Waals surface area contributed by atoms with Gasteiger partial charge in [-0.1, -0.05) is 49.4 Å². The van der Waals surface area contributed by atoms with Crippen molar-refractivity contribution in [2.75, 3.05) is 5.32 Å². The molecule has 0 bridgehead atoms. The first-order valence-corrected chi connectivity index (χ1v) is 6.82. The lowest BCUT2D eigenvalue weighted by molar-refractivity contribution is 0.151. The van der Waals surface area contributed by atoms with E-state index < -0.39 is 6.43 Å². The van der Waals surface area contributed by atoms with Crippen LogP contribution in [0.5, 0.6) is 0 Å². The van der Waals surface area contributed by atoms with E-state index in [1.807, 2.05) is 0 Å². The van der Waals surface area contributed by atoms with Gasteiger partial charge in [0.2, 0.25) is 5.13 Å². The van der Waals surface area contributed by atoms with E-state index in [9.17, 15) is 8.78 Å². The first-order chi connectivity index (χ1) is 9.06. The topological polar surface area (TPSA) is 37.8 Å². The molecule has 0 unspecified atom stereocenters. The Morgan fingerprint density at radius 3 is 2.37 bits per heavy atom. The number of alkyl halides is 2. The Morgan fingerprint density at radius 1 is 1.16 bits per heavy atom. The predicted molar refractivity (Wildman–Crippen MR) is 72.7 cm³/mol. The molecule has 0 aliphatic rings. The molecule has 0 amide bonds. The molecule has 0 aliphatic heterocycles. The third-order valence-electron chi connectivity index (χ3n) is 2.61. The van der Waals surface area contributed by atoms with Crippen LogP contribution in [0, 0.1) is 0 Å². The van der Waals surface area contributed by atoms with Gasteiger partial charge in [-0.2, -0.15) is 0 Å². The van der Waals surface area contributed by atoms with Gasteiger partial charge in [0.1, 0.15) is 5.01 Å². The van der Waals surface area contributed by atoms with E-state index in [1.165, 1.54) is 23.5 Å². The highest BCUT2D eigenvalue weighted by Gasteiger charge is 2.08. The first-order valence-electron chi connectivity index (χ1n) is 6.00. The van der Waals surface area contributed by atoms with Crippen LogP contribution >= 0.6 is 11.3 Å². The SMILES string of the molecule is CC(C)c1nnc(NCc2ccc(C(F)F)cc2)s1. The summed E-state index contributed by atoms with van der Waals surface area (Å²) in [7, 11) is 0. The summed E-state index contributed by atoms with van der Waals surface area (Å²) in [5, 5.41) is 13.0. The predicted octanol–water partition coefficient (Wildman–Crippen LogP) is 4.21. The number of anilines is 1. The second kappa shape index (κ2) is 6.06. The molecule has 1 N–H and O–H groups in total. The molecule has 0 radical (unpaired) electrons. The number of benzene rings is 1. The first kappa shape index (κ1) is 13.9. The summed E-state index contributed by atoms with van der Waals surface area (Å²) in [5.74, 6) is 0.360. The Kier molecular flexibility index (Phi) is 4.42. The monoisotopic (exact) mass is 283 g/mol.